The second kappa shape index (κ2) is 6.19. The predicted octanol–water partition coefficient (Wildman–Crippen LogP) is 6.53. The van der Waals surface area contributed by atoms with Gasteiger partial charge in [0, 0.05) is 32.8 Å². The van der Waals surface area contributed by atoms with E-state index in [0.29, 0.717) is 0 Å². The molecule has 0 fully saturated rings. The van der Waals surface area contributed by atoms with Crippen LogP contribution in [0.25, 0.3) is 21.8 Å². The highest BCUT2D eigenvalue weighted by Gasteiger charge is 2.15. The Bertz CT molecular complexity index is 1050. The number of nitrogens with zero attached hydrogens (tertiary/aromatic N) is 1. The van der Waals surface area contributed by atoms with Crippen molar-refractivity contribution in [2.24, 2.45) is 0 Å². The zero-order valence-corrected chi connectivity index (χ0v) is 15.3. The fourth-order valence-electron chi connectivity index (χ4n) is 3.47. The average Bonchev–Trinajstić information content (AvgIpc) is 2.91. The molecule has 24 heavy (non-hydrogen) atoms. The Balaban J connectivity index is 2.06. The van der Waals surface area contributed by atoms with Gasteiger partial charge >= 0.3 is 0 Å². The van der Waals surface area contributed by atoms with Gasteiger partial charge in [-0.05, 0) is 48.6 Å². The fourth-order valence-corrected chi connectivity index (χ4v) is 4.29. The van der Waals surface area contributed by atoms with E-state index in [1.807, 2.05) is 12.1 Å². The summed E-state index contributed by atoms with van der Waals surface area (Å²) in [6, 6.07) is 21.3. The van der Waals surface area contributed by atoms with E-state index < -0.39 is 0 Å². The van der Waals surface area contributed by atoms with Crippen molar-refractivity contribution >= 4 is 45.2 Å². The van der Waals surface area contributed by atoms with Crippen LogP contribution in [0.5, 0.6) is 0 Å². The summed E-state index contributed by atoms with van der Waals surface area (Å²) in [7, 11) is 0. The lowest BCUT2D eigenvalue weighted by molar-refractivity contribution is 0.862. The Morgan fingerprint density at radius 3 is 2.62 bits per heavy atom. The van der Waals surface area contributed by atoms with Gasteiger partial charge in [0.2, 0.25) is 0 Å². The molecule has 0 aliphatic rings. The first-order valence-electron chi connectivity index (χ1n) is 7.98. The van der Waals surface area contributed by atoms with Crippen molar-refractivity contribution in [2.45, 2.75) is 18.4 Å². The number of para-hydroxylation sites is 1. The molecule has 3 heteroatoms. The molecule has 0 saturated carbocycles. The van der Waals surface area contributed by atoms with Crippen LogP contribution in [0.3, 0.4) is 0 Å². The first kappa shape index (κ1) is 15.6. The first-order valence-corrected chi connectivity index (χ1v) is 9.58. The zero-order chi connectivity index (χ0) is 16.7. The molecule has 0 aliphatic carbocycles. The van der Waals surface area contributed by atoms with Gasteiger partial charge in [-0.2, -0.15) is 0 Å². The molecule has 1 nitrogen and oxygen atoms in total. The summed E-state index contributed by atoms with van der Waals surface area (Å²) in [5, 5.41) is 3.47. The Hall–Kier alpha value is -1.90. The number of rotatable bonds is 3. The van der Waals surface area contributed by atoms with E-state index in [0.717, 1.165) is 11.6 Å². The van der Waals surface area contributed by atoms with Crippen molar-refractivity contribution < 1.29 is 0 Å². The Morgan fingerprint density at radius 1 is 1.00 bits per heavy atom. The van der Waals surface area contributed by atoms with Gasteiger partial charge in [0.15, 0.2) is 0 Å². The second-order valence-electron chi connectivity index (χ2n) is 6.04. The molecule has 0 bridgehead atoms. The third-order valence-electron chi connectivity index (χ3n) is 4.53. The van der Waals surface area contributed by atoms with Crippen LogP contribution in [-0.4, -0.2) is 10.8 Å². The maximum atomic E-state index is 6.19. The lowest BCUT2D eigenvalue weighted by atomic mass is 10.1. The van der Waals surface area contributed by atoms with Gasteiger partial charge in [-0.15, -0.1) is 11.8 Å². The molecule has 0 aliphatic heterocycles. The summed E-state index contributed by atoms with van der Waals surface area (Å²) < 4.78 is 2.43. The molecule has 4 rings (SSSR count). The molecule has 3 aromatic carbocycles. The zero-order valence-electron chi connectivity index (χ0n) is 13.7. The van der Waals surface area contributed by atoms with Crippen molar-refractivity contribution in [3.63, 3.8) is 0 Å². The first-order chi connectivity index (χ1) is 11.7. The second-order valence-corrected chi connectivity index (χ2v) is 7.33. The summed E-state index contributed by atoms with van der Waals surface area (Å²) in [5.41, 5.74) is 5.14. The summed E-state index contributed by atoms with van der Waals surface area (Å²) in [6.45, 7) is 3.02. The minimum Gasteiger partial charge on any atom is -0.335 e. The molecule has 0 N–H and O–H groups in total. The van der Waals surface area contributed by atoms with Crippen LogP contribution in [-0.2, 0) is 6.54 Å². The minimum atomic E-state index is 0.787. The summed E-state index contributed by atoms with van der Waals surface area (Å²) in [6.07, 6.45) is 2.14. The largest absolute Gasteiger partial charge is 0.335 e. The predicted molar refractivity (Wildman–Crippen MR) is 107 cm³/mol. The maximum absolute atomic E-state index is 6.19. The molecule has 0 atom stereocenters. The molecule has 0 spiro atoms. The minimum absolute atomic E-state index is 0.787. The molecular formula is C21H18ClNS. The fraction of sp³-hybridized carbons (Fsp3) is 0.143. The van der Waals surface area contributed by atoms with Gasteiger partial charge in [0.1, 0.15) is 0 Å². The van der Waals surface area contributed by atoms with Crippen LogP contribution in [0.15, 0.2) is 65.6 Å². The SMILES string of the molecule is CSc1ccc(C)c2c3ccccc3n(Cc3cccc(Cl)c3)c12. The molecule has 0 unspecified atom stereocenters. The molecule has 0 saturated heterocycles. The van der Waals surface area contributed by atoms with Gasteiger partial charge in [-0.3, -0.25) is 0 Å². The molecule has 1 aromatic heterocycles. The highest BCUT2D eigenvalue weighted by atomic mass is 35.5. The molecular weight excluding hydrogens is 334 g/mol. The molecule has 1 heterocycles. The summed E-state index contributed by atoms with van der Waals surface area (Å²) in [5.74, 6) is 0. The monoisotopic (exact) mass is 351 g/mol. The Morgan fingerprint density at radius 2 is 1.83 bits per heavy atom. The van der Waals surface area contributed by atoms with Crippen LogP contribution in [0.4, 0.5) is 0 Å². The van der Waals surface area contributed by atoms with E-state index in [9.17, 15) is 0 Å². The van der Waals surface area contributed by atoms with Crippen molar-refractivity contribution in [2.75, 3.05) is 6.26 Å². The topological polar surface area (TPSA) is 4.93 Å². The number of aryl methyl sites for hydroxylation is 1. The smallest absolute Gasteiger partial charge is 0.0635 e. The van der Waals surface area contributed by atoms with E-state index in [1.165, 1.54) is 37.8 Å². The highest BCUT2D eigenvalue weighted by molar-refractivity contribution is 7.98. The average molecular weight is 352 g/mol. The standard InChI is InChI=1S/C21H18ClNS/c1-14-10-11-19(24-2)21-20(14)17-8-3-4-9-18(17)23(21)13-15-6-5-7-16(22)12-15/h3-12H,13H2,1-2H3. The normalized spacial score (nSPS) is 11.5. The van der Waals surface area contributed by atoms with Crippen LogP contribution >= 0.6 is 23.4 Å². The lowest BCUT2D eigenvalue weighted by Crippen LogP contribution is -2.00. The quantitative estimate of drug-likeness (QED) is 0.380. The van der Waals surface area contributed by atoms with Crippen LogP contribution < -0.4 is 0 Å². The number of thioether (sulfide) groups is 1. The van der Waals surface area contributed by atoms with Crippen molar-refractivity contribution in [1.82, 2.24) is 4.57 Å². The summed E-state index contributed by atoms with van der Waals surface area (Å²) >= 11 is 8.00. The van der Waals surface area contributed by atoms with Gasteiger partial charge in [0.25, 0.3) is 0 Å². The number of halogens is 1. The third kappa shape index (κ3) is 2.51. The number of aromatic nitrogens is 1. The Labute approximate surface area is 151 Å². The van der Waals surface area contributed by atoms with Crippen LogP contribution in [0.2, 0.25) is 5.02 Å². The van der Waals surface area contributed by atoms with Gasteiger partial charge in [-0.25, -0.2) is 0 Å². The van der Waals surface area contributed by atoms with Crippen LogP contribution in [0.1, 0.15) is 11.1 Å². The van der Waals surface area contributed by atoms with Crippen LogP contribution in [0, 0.1) is 6.92 Å². The van der Waals surface area contributed by atoms with Crippen molar-refractivity contribution in [3.05, 3.63) is 76.8 Å². The number of hydrogen-bond acceptors (Lipinski definition) is 1. The number of fused-ring (bicyclic) bond motifs is 3. The van der Waals surface area contributed by atoms with E-state index in [-0.39, 0.29) is 0 Å². The molecule has 0 amide bonds. The highest BCUT2D eigenvalue weighted by Crippen LogP contribution is 2.37. The van der Waals surface area contributed by atoms with E-state index >= 15 is 0 Å². The van der Waals surface area contributed by atoms with E-state index in [2.05, 4.69) is 66.3 Å². The van der Waals surface area contributed by atoms with Gasteiger partial charge in [0.05, 0.1) is 5.52 Å². The number of hydrogen-bond donors (Lipinski definition) is 0. The van der Waals surface area contributed by atoms with Crippen molar-refractivity contribution in [1.29, 1.82) is 0 Å². The van der Waals surface area contributed by atoms with E-state index in [4.69, 9.17) is 11.6 Å². The third-order valence-corrected chi connectivity index (χ3v) is 5.54. The van der Waals surface area contributed by atoms with Gasteiger partial charge in [-0.1, -0.05) is 48.0 Å². The molecule has 120 valence electrons. The molecule has 0 radical (unpaired) electrons. The Kier molecular flexibility index (Phi) is 4.03. The molecule has 4 aromatic rings. The summed E-state index contributed by atoms with van der Waals surface area (Å²) in [4.78, 5) is 1.31. The van der Waals surface area contributed by atoms with E-state index in [1.54, 1.807) is 11.8 Å². The van der Waals surface area contributed by atoms with Crippen molar-refractivity contribution in [3.8, 4) is 0 Å². The lowest BCUT2D eigenvalue weighted by Gasteiger charge is -2.11. The van der Waals surface area contributed by atoms with Gasteiger partial charge < -0.3 is 4.57 Å². The number of benzene rings is 3. The maximum Gasteiger partial charge on any atom is 0.0635 e.